The minimum Gasteiger partial charge on any atom is -0.495 e. The van der Waals surface area contributed by atoms with E-state index in [1.165, 1.54) is 0 Å². The van der Waals surface area contributed by atoms with E-state index in [0.29, 0.717) is 29.7 Å². The predicted octanol–water partition coefficient (Wildman–Crippen LogP) is 4.46. The normalized spacial score (nSPS) is 10.2. The third-order valence-electron chi connectivity index (χ3n) is 3.93. The van der Waals surface area contributed by atoms with Gasteiger partial charge in [-0.25, -0.2) is 9.78 Å². The molecule has 2 aromatic carbocycles. The summed E-state index contributed by atoms with van der Waals surface area (Å²) in [6.45, 7) is 4.13. The molecule has 28 heavy (non-hydrogen) atoms. The van der Waals surface area contributed by atoms with Crippen molar-refractivity contribution in [3.63, 3.8) is 0 Å². The van der Waals surface area contributed by atoms with Crippen molar-refractivity contribution in [1.82, 2.24) is 9.97 Å². The number of aryl methyl sites for hydroxylation is 1. The lowest BCUT2D eigenvalue weighted by Gasteiger charge is -2.12. The number of aromatic nitrogens is 2. The third kappa shape index (κ3) is 4.76. The number of nitrogens with one attached hydrogen (secondary N) is 2. The molecule has 0 aliphatic rings. The van der Waals surface area contributed by atoms with E-state index < -0.39 is 0 Å². The summed E-state index contributed by atoms with van der Waals surface area (Å²) in [7, 11) is 1.62. The lowest BCUT2D eigenvalue weighted by Crippen LogP contribution is -2.04. The fraction of sp³-hybridized carbons (Fsp3) is 0.190. The molecule has 0 radical (unpaired) electrons. The number of hydrogen-bond acceptors (Lipinski definition) is 7. The van der Waals surface area contributed by atoms with Gasteiger partial charge in [-0.05, 0) is 61.9 Å². The fourth-order valence-corrected chi connectivity index (χ4v) is 2.58. The zero-order chi connectivity index (χ0) is 19.9. The zero-order valence-corrected chi connectivity index (χ0v) is 16.0. The number of carbonyl (C=O) groups is 1. The van der Waals surface area contributed by atoms with Gasteiger partial charge in [0.1, 0.15) is 11.6 Å². The van der Waals surface area contributed by atoms with Crippen LogP contribution in [0.25, 0.3) is 0 Å². The minimum absolute atomic E-state index is 0.338. The molecule has 0 amide bonds. The minimum atomic E-state index is -0.338. The van der Waals surface area contributed by atoms with Gasteiger partial charge in [-0.1, -0.05) is 6.07 Å². The summed E-state index contributed by atoms with van der Waals surface area (Å²) >= 11 is 0. The van der Waals surface area contributed by atoms with E-state index in [-0.39, 0.29) is 5.97 Å². The Hall–Kier alpha value is -3.61. The Balaban J connectivity index is 1.73. The van der Waals surface area contributed by atoms with Gasteiger partial charge in [-0.2, -0.15) is 4.98 Å². The molecule has 0 bridgehead atoms. The van der Waals surface area contributed by atoms with Crippen LogP contribution in [-0.4, -0.2) is 29.7 Å². The number of anilines is 4. The highest BCUT2D eigenvalue weighted by Crippen LogP contribution is 2.27. The number of nitrogens with zero attached hydrogens (tertiary/aromatic N) is 2. The average molecular weight is 378 g/mol. The van der Waals surface area contributed by atoms with Crippen LogP contribution in [-0.2, 0) is 4.74 Å². The second kappa shape index (κ2) is 8.85. The molecule has 7 nitrogen and oxygen atoms in total. The van der Waals surface area contributed by atoms with E-state index >= 15 is 0 Å². The molecule has 0 aliphatic heterocycles. The monoisotopic (exact) mass is 378 g/mol. The number of esters is 1. The molecule has 0 saturated carbocycles. The Kier molecular flexibility index (Phi) is 6.06. The largest absolute Gasteiger partial charge is 0.495 e. The molecule has 0 saturated heterocycles. The number of benzene rings is 2. The first-order chi connectivity index (χ1) is 13.6. The first-order valence-corrected chi connectivity index (χ1v) is 8.88. The maximum Gasteiger partial charge on any atom is 0.338 e. The van der Waals surface area contributed by atoms with Crippen molar-refractivity contribution in [2.75, 3.05) is 24.4 Å². The summed E-state index contributed by atoms with van der Waals surface area (Å²) in [5, 5.41) is 6.37. The van der Waals surface area contributed by atoms with Gasteiger partial charge in [0.2, 0.25) is 5.95 Å². The second-order valence-electron chi connectivity index (χ2n) is 6.02. The average Bonchev–Trinajstić information content (AvgIpc) is 2.69. The van der Waals surface area contributed by atoms with E-state index in [1.54, 1.807) is 50.6 Å². The van der Waals surface area contributed by atoms with Gasteiger partial charge >= 0.3 is 5.97 Å². The first-order valence-electron chi connectivity index (χ1n) is 8.88. The summed E-state index contributed by atoms with van der Waals surface area (Å²) < 4.78 is 10.4. The molecule has 0 atom stereocenters. The molecule has 144 valence electrons. The van der Waals surface area contributed by atoms with Crippen LogP contribution in [0.2, 0.25) is 0 Å². The summed E-state index contributed by atoms with van der Waals surface area (Å²) in [6, 6.07) is 14.6. The maximum atomic E-state index is 11.7. The Morgan fingerprint density at radius 2 is 1.86 bits per heavy atom. The third-order valence-corrected chi connectivity index (χ3v) is 3.93. The van der Waals surface area contributed by atoms with Crippen LogP contribution in [0.5, 0.6) is 5.75 Å². The van der Waals surface area contributed by atoms with Gasteiger partial charge in [-0.15, -0.1) is 0 Å². The second-order valence-corrected chi connectivity index (χ2v) is 6.02. The van der Waals surface area contributed by atoms with Gasteiger partial charge in [0, 0.05) is 11.9 Å². The van der Waals surface area contributed by atoms with Crippen molar-refractivity contribution in [2.24, 2.45) is 0 Å². The number of carbonyl (C=O) groups excluding carboxylic acids is 1. The van der Waals surface area contributed by atoms with Gasteiger partial charge in [-0.3, -0.25) is 0 Å². The van der Waals surface area contributed by atoms with Crippen molar-refractivity contribution < 1.29 is 14.3 Å². The van der Waals surface area contributed by atoms with Gasteiger partial charge < -0.3 is 20.1 Å². The zero-order valence-electron chi connectivity index (χ0n) is 16.0. The molecule has 3 rings (SSSR count). The van der Waals surface area contributed by atoms with Crippen LogP contribution in [0.1, 0.15) is 22.8 Å². The molecule has 3 aromatic rings. The standard InChI is InChI=1S/C21H22N4O3/c1-4-28-20(26)15-6-8-16(9-7-15)23-19-11-12-22-21(25-19)24-17-13-14(2)5-10-18(17)27-3/h5-13H,4H2,1-3H3,(H2,22,23,24,25). The summed E-state index contributed by atoms with van der Waals surface area (Å²) in [5.74, 6) is 1.43. The topological polar surface area (TPSA) is 85.4 Å². The highest BCUT2D eigenvalue weighted by molar-refractivity contribution is 5.89. The molecule has 1 aromatic heterocycles. The van der Waals surface area contributed by atoms with Gasteiger partial charge in [0.15, 0.2) is 0 Å². The Bertz CT molecular complexity index is 958. The summed E-state index contributed by atoms with van der Waals surface area (Å²) in [4.78, 5) is 20.5. The molecule has 0 unspecified atom stereocenters. The van der Waals surface area contributed by atoms with E-state index in [4.69, 9.17) is 9.47 Å². The highest BCUT2D eigenvalue weighted by Gasteiger charge is 2.08. The van der Waals surface area contributed by atoms with Crippen molar-refractivity contribution in [1.29, 1.82) is 0 Å². The van der Waals surface area contributed by atoms with E-state index in [0.717, 1.165) is 16.9 Å². The van der Waals surface area contributed by atoms with Crippen molar-refractivity contribution in [3.05, 3.63) is 65.9 Å². The first kappa shape index (κ1) is 19.2. The molecular weight excluding hydrogens is 356 g/mol. The fourth-order valence-electron chi connectivity index (χ4n) is 2.58. The van der Waals surface area contributed by atoms with Crippen molar-refractivity contribution >= 4 is 29.1 Å². The Labute approximate surface area is 163 Å². The maximum absolute atomic E-state index is 11.7. The number of ether oxygens (including phenoxy) is 2. The molecule has 7 heteroatoms. The smallest absolute Gasteiger partial charge is 0.338 e. The van der Waals surface area contributed by atoms with Gasteiger partial charge in [0.05, 0.1) is 25.0 Å². The number of hydrogen-bond donors (Lipinski definition) is 2. The van der Waals surface area contributed by atoms with Crippen molar-refractivity contribution in [3.8, 4) is 5.75 Å². The van der Waals surface area contributed by atoms with E-state index in [1.807, 2.05) is 25.1 Å². The summed E-state index contributed by atoms with van der Waals surface area (Å²) in [5.41, 5.74) is 3.19. The van der Waals surface area contributed by atoms with E-state index in [2.05, 4.69) is 20.6 Å². The van der Waals surface area contributed by atoms with Crippen LogP contribution in [0.4, 0.5) is 23.1 Å². The van der Waals surface area contributed by atoms with Crippen LogP contribution in [0, 0.1) is 6.92 Å². The molecule has 0 fully saturated rings. The predicted molar refractivity (Wildman–Crippen MR) is 109 cm³/mol. The SMILES string of the molecule is CCOC(=O)c1ccc(Nc2ccnc(Nc3cc(C)ccc3OC)n2)cc1. The molecular formula is C21H22N4O3. The van der Waals surface area contributed by atoms with Crippen molar-refractivity contribution in [2.45, 2.75) is 13.8 Å². The molecule has 2 N–H and O–H groups in total. The Morgan fingerprint density at radius 3 is 2.57 bits per heavy atom. The number of rotatable bonds is 7. The lowest BCUT2D eigenvalue weighted by atomic mass is 10.2. The molecule has 1 heterocycles. The van der Waals surface area contributed by atoms with Crippen LogP contribution >= 0.6 is 0 Å². The van der Waals surface area contributed by atoms with Crippen LogP contribution in [0.3, 0.4) is 0 Å². The summed E-state index contributed by atoms with van der Waals surface area (Å²) in [6.07, 6.45) is 1.66. The lowest BCUT2D eigenvalue weighted by molar-refractivity contribution is 0.0526. The Morgan fingerprint density at radius 1 is 1.07 bits per heavy atom. The highest BCUT2D eigenvalue weighted by atomic mass is 16.5. The van der Waals surface area contributed by atoms with Crippen LogP contribution < -0.4 is 15.4 Å². The van der Waals surface area contributed by atoms with Gasteiger partial charge in [0.25, 0.3) is 0 Å². The quantitative estimate of drug-likeness (QED) is 0.587. The van der Waals surface area contributed by atoms with Crippen LogP contribution in [0.15, 0.2) is 54.7 Å². The molecule has 0 spiro atoms. The van der Waals surface area contributed by atoms with E-state index in [9.17, 15) is 4.79 Å². The molecule has 0 aliphatic carbocycles. The number of methoxy groups -OCH3 is 1.